The predicted octanol–water partition coefficient (Wildman–Crippen LogP) is 1.06. The summed E-state index contributed by atoms with van der Waals surface area (Å²) in [5.74, 6) is 0.761. The molecule has 3 nitrogen and oxygen atoms in total. The van der Waals surface area contributed by atoms with Crippen molar-refractivity contribution in [2.75, 3.05) is 19.1 Å². The topological polar surface area (TPSA) is 46.2 Å². The molecule has 0 saturated heterocycles. The van der Waals surface area contributed by atoms with Gasteiger partial charge in [-0.05, 0) is 26.3 Å². The molecule has 0 aliphatic rings. The van der Waals surface area contributed by atoms with Gasteiger partial charge < -0.3 is 5.32 Å². The molecule has 0 fully saturated rings. The lowest BCUT2D eigenvalue weighted by molar-refractivity contribution is 0.373. The molecule has 80 valence electrons. The van der Waals surface area contributed by atoms with Crippen LogP contribution in [0.1, 0.15) is 26.7 Å². The van der Waals surface area contributed by atoms with E-state index in [1.807, 2.05) is 7.05 Å². The summed E-state index contributed by atoms with van der Waals surface area (Å²) in [7, 11) is -0.888. The molecule has 0 amide bonds. The van der Waals surface area contributed by atoms with E-state index in [1.54, 1.807) is 0 Å². The number of sulfone groups is 1. The van der Waals surface area contributed by atoms with Crippen molar-refractivity contribution in [3.63, 3.8) is 0 Å². The van der Waals surface area contributed by atoms with E-state index in [9.17, 15) is 8.42 Å². The maximum Gasteiger partial charge on any atom is 0.147 e. The highest BCUT2D eigenvalue weighted by Gasteiger charge is 2.15. The maximum absolute atomic E-state index is 10.9. The molecule has 0 aliphatic carbocycles. The van der Waals surface area contributed by atoms with Crippen LogP contribution in [-0.2, 0) is 9.84 Å². The zero-order chi connectivity index (χ0) is 10.5. The molecule has 4 heteroatoms. The molecule has 0 aliphatic heterocycles. The summed E-state index contributed by atoms with van der Waals surface area (Å²) >= 11 is 0. The molecule has 2 atom stereocenters. The van der Waals surface area contributed by atoms with Crippen LogP contribution in [-0.4, -0.2) is 33.5 Å². The predicted molar refractivity (Wildman–Crippen MR) is 56.6 cm³/mol. The Bertz CT molecular complexity index is 224. The first-order valence-corrected chi connectivity index (χ1v) is 6.81. The molecule has 0 saturated carbocycles. The van der Waals surface area contributed by atoms with Crippen molar-refractivity contribution in [2.45, 2.75) is 32.7 Å². The van der Waals surface area contributed by atoms with Gasteiger partial charge in [-0.3, -0.25) is 0 Å². The van der Waals surface area contributed by atoms with Gasteiger partial charge in [0.15, 0.2) is 0 Å². The van der Waals surface area contributed by atoms with Gasteiger partial charge in [0.1, 0.15) is 9.84 Å². The van der Waals surface area contributed by atoms with E-state index >= 15 is 0 Å². The van der Waals surface area contributed by atoms with Gasteiger partial charge in [0, 0.05) is 12.3 Å². The average molecular weight is 207 g/mol. The van der Waals surface area contributed by atoms with Gasteiger partial charge in [-0.15, -0.1) is 0 Å². The van der Waals surface area contributed by atoms with E-state index in [4.69, 9.17) is 0 Å². The van der Waals surface area contributed by atoms with E-state index in [0.717, 1.165) is 12.8 Å². The second kappa shape index (κ2) is 5.60. The zero-order valence-electron chi connectivity index (χ0n) is 9.00. The first-order chi connectivity index (χ1) is 5.90. The van der Waals surface area contributed by atoms with Crippen molar-refractivity contribution in [1.82, 2.24) is 5.32 Å². The number of rotatable bonds is 6. The summed E-state index contributed by atoms with van der Waals surface area (Å²) in [6, 6.07) is 0.395. The zero-order valence-corrected chi connectivity index (χ0v) is 9.82. The van der Waals surface area contributed by atoms with Crippen molar-refractivity contribution in [3.05, 3.63) is 0 Å². The standard InChI is InChI=1S/C9H21NO2S/c1-5-9(8(2)10-3)6-7-13(4,11)12/h8-10H,5-7H2,1-4H3. The van der Waals surface area contributed by atoms with E-state index < -0.39 is 9.84 Å². The minimum atomic E-state index is -2.80. The Kier molecular flexibility index (Phi) is 5.56. The first kappa shape index (κ1) is 12.9. The van der Waals surface area contributed by atoms with Crippen LogP contribution in [0.5, 0.6) is 0 Å². The van der Waals surface area contributed by atoms with E-state index in [0.29, 0.717) is 17.7 Å². The van der Waals surface area contributed by atoms with Crippen molar-refractivity contribution < 1.29 is 8.42 Å². The Morgan fingerprint density at radius 3 is 2.23 bits per heavy atom. The fourth-order valence-corrected chi connectivity index (χ4v) is 2.14. The summed E-state index contributed by atoms with van der Waals surface area (Å²) in [6.45, 7) is 4.19. The molecule has 0 aromatic rings. The van der Waals surface area contributed by atoms with Gasteiger partial charge in [0.25, 0.3) is 0 Å². The second-order valence-electron chi connectivity index (χ2n) is 3.66. The van der Waals surface area contributed by atoms with Crippen molar-refractivity contribution >= 4 is 9.84 Å². The lowest BCUT2D eigenvalue weighted by Gasteiger charge is -2.21. The molecular formula is C9H21NO2S. The minimum absolute atomic E-state index is 0.303. The average Bonchev–Trinajstić information content (AvgIpc) is 2.03. The molecule has 2 unspecified atom stereocenters. The Morgan fingerprint density at radius 1 is 1.38 bits per heavy atom. The maximum atomic E-state index is 10.9. The smallest absolute Gasteiger partial charge is 0.147 e. The molecule has 0 aromatic heterocycles. The van der Waals surface area contributed by atoms with E-state index in [-0.39, 0.29) is 0 Å². The van der Waals surface area contributed by atoms with Gasteiger partial charge in [0.2, 0.25) is 0 Å². The fourth-order valence-electron chi connectivity index (χ4n) is 1.41. The molecule has 1 N–H and O–H groups in total. The molecule has 0 spiro atoms. The Labute approximate surface area is 81.8 Å². The number of nitrogens with one attached hydrogen (secondary N) is 1. The Morgan fingerprint density at radius 2 is 1.92 bits per heavy atom. The van der Waals surface area contributed by atoms with E-state index in [1.165, 1.54) is 6.26 Å². The first-order valence-electron chi connectivity index (χ1n) is 4.75. The van der Waals surface area contributed by atoms with Crippen molar-refractivity contribution in [1.29, 1.82) is 0 Å². The SMILES string of the molecule is CCC(CCS(C)(=O)=O)C(C)NC. The van der Waals surface area contributed by atoms with Gasteiger partial charge in [-0.25, -0.2) is 8.42 Å². The molecule has 0 bridgehead atoms. The molecule has 0 rings (SSSR count). The number of hydrogen-bond acceptors (Lipinski definition) is 3. The Hall–Kier alpha value is -0.0900. The van der Waals surface area contributed by atoms with Gasteiger partial charge in [-0.2, -0.15) is 0 Å². The van der Waals surface area contributed by atoms with Gasteiger partial charge in [-0.1, -0.05) is 13.3 Å². The van der Waals surface area contributed by atoms with Gasteiger partial charge >= 0.3 is 0 Å². The van der Waals surface area contributed by atoms with E-state index in [2.05, 4.69) is 19.2 Å². The van der Waals surface area contributed by atoms with Crippen molar-refractivity contribution in [2.24, 2.45) is 5.92 Å². The quantitative estimate of drug-likeness (QED) is 0.708. The summed E-state index contributed by atoms with van der Waals surface area (Å²) in [5.41, 5.74) is 0. The van der Waals surface area contributed by atoms with Gasteiger partial charge in [0.05, 0.1) is 5.75 Å². The molecular weight excluding hydrogens is 186 g/mol. The minimum Gasteiger partial charge on any atom is -0.317 e. The highest BCUT2D eigenvalue weighted by atomic mass is 32.2. The van der Waals surface area contributed by atoms with Crippen LogP contribution < -0.4 is 5.32 Å². The highest BCUT2D eigenvalue weighted by molar-refractivity contribution is 7.90. The highest BCUT2D eigenvalue weighted by Crippen LogP contribution is 2.13. The van der Waals surface area contributed by atoms with Crippen LogP contribution in [0, 0.1) is 5.92 Å². The fraction of sp³-hybridized carbons (Fsp3) is 1.00. The summed E-state index contributed by atoms with van der Waals surface area (Å²) < 4.78 is 21.9. The molecule has 0 radical (unpaired) electrons. The van der Waals surface area contributed by atoms with Crippen LogP contribution in [0.15, 0.2) is 0 Å². The third kappa shape index (κ3) is 6.05. The summed E-state index contributed by atoms with van der Waals surface area (Å²) in [5, 5.41) is 3.16. The monoisotopic (exact) mass is 207 g/mol. The summed E-state index contributed by atoms with van der Waals surface area (Å²) in [4.78, 5) is 0. The van der Waals surface area contributed by atoms with Crippen LogP contribution in [0.3, 0.4) is 0 Å². The number of hydrogen-bond donors (Lipinski definition) is 1. The normalized spacial score (nSPS) is 16.9. The Balaban J connectivity index is 4.00. The van der Waals surface area contributed by atoms with Crippen LogP contribution in [0.2, 0.25) is 0 Å². The molecule has 0 aromatic carbocycles. The largest absolute Gasteiger partial charge is 0.317 e. The van der Waals surface area contributed by atoms with Crippen LogP contribution in [0.25, 0.3) is 0 Å². The lowest BCUT2D eigenvalue weighted by Crippen LogP contribution is -2.31. The molecule has 13 heavy (non-hydrogen) atoms. The second-order valence-corrected chi connectivity index (χ2v) is 5.92. The molecule has 0 heterocycles. The third-order valence-electron chi connectivity index (χ3n) is 2.55. The third-order valence-corrected chi connectivity index (χ3v) is 3.52. The van der Waals surface area contributed by atoms with Crippen molar-refractivity contribution in [3.8, 4) is 0 Å². The van der Waals surface area contributed by atoms with Crippen LogP contribution in [0.4, 0.5) is 0 Å². The lowest BCUT2D eigenvalue weighted by atomic mass is 9.96. The summed E-state index contributed by atoms with van der Waals surface area (Å²) in [6.07, 6.45) is 3.08. The van der Waals surface area contributed by atoms with Crippen LogP contribution >= 0.6 is 0 Å².